The van der Waals surface area contributed by atoms with Crippen LogP contribution in [0.4, 0.5) is 5.95 Å². The summed E-state index contributed by atoms with van der Waals surface area (Å²) in [5.74, 6) is 0.643. The number of hydrogen-bond donors (Lipinski definition) is 3. The molecule has 0 saturated carbocycles. The van der Waals surface area contributed by atoms with Crippen molar-refractivity contribution in [3.63, 3.8) is 0 Å². The van der Waals surface area contributed by atoms with E-state index >= 15 is 0 Å². The van der Waals surface area contributed by atoms with Gasteiger partial charge in [-0.2, -0.15) is 0 Å². The zero-order chi connectivity index (χ0) is 44.1. The van der Waals surface area contributed by atoms with Crippen LogP contribution >= 0.6 is 0 Å². The molecule has 5 rings (SSSR count). The molecule has 3 atom stereocenters. The van der Waals surface area contributed by atoms with Crippen LogP contribution in [0.5, 0.6) is 5.75 Å². The number of carbonyl (C=O) groups is 3. The SMILES string of the molecule is C=CN(C)C(C(=O)NC(Cc1cc(O)cc(-c2ccc3c(c2)c(CC(C)(C)COC=O)c(-c2nc(N(C)C)n(C)c2C(C)CC)n3CC)c1)C(=O)N1CCCCN1)C(C)C. The number of phenolic OH excluding ortho intramolecular Hbond substituents is 1. The number of aryl methyl sites for hydroxylation is 1. The Morgan fingerprint density at radius 2 is 1.82 bits per heavy atom. The number of likely N-dealkylation sites (N-methyl/N-ethyl adjacent to an activating group) is 1. The van der Waals surface area contributed by atoms with Crippen LogP contribution in [0.2, 0.25) is 0 Å². The van der Waals surface area contributed by atoms with Gasteiger partial charge >= 0.3 is 0 Å². The van der Waals surface area contributed by atoms with Crippen molar-refractivity contribution in [1.82, 2.24) is 34.8 Å². The first-order valence-corrected chi connectivity index (χ1v) is 21.4. The van der Waals surface area contributed by atoms with Crippen LogP contribution in [0.3, 0.4) is 0 Å². The van der Waals surface area contributed by atoms with E-state index in [9.17, 15) is 19.5 Å². The number of fused-ring (bicyclic) bond motifs is 1. The van der Waals surface area contributed by atoms with Gasteiger partial charge in [-0.25, -0.2) is 10.4 Å². The predicted octanol–water partition coefficient (Wildman–Crippen LogP) is 7.01. The summed E-state index contributed by atoms with van der Waals surface area (Å²) in [4.78, 5) is 48.5. The lowest BCUT2D eigenvalue weighted by Gasteiger charge is -2.34. The maximum Gasteiger partial charge on any atom is 0.293 e. The molecule has 2 aromatic heterocycles. The molecule has 60 heavy (non-hydrogen) atoms. The highest BCUT2D eigenvalue weighted by Crippen LogP contribution is 2.43. The van der Waals surface area contributed by atoms with Crippen LogP contribution in [-0.2, 0) is 45.6 Å². The van der Waals surface area contributed by atoms with Gasteiger partial charge in [0.1, 0.15) is 23.5 Å². The maximum absolute atomic E-state index is 14.1. The number of amides is 2. The van der Waals surface area contributed by atoms with Crippen molar-refractivity contribution in [2.45, 2.75) is 105 Å². The molecule has 3 unspecified atom stereocenters. The number of phenols is 1. The number of imidazole rings is 1. The molecule has 3 heterocycles. The molecule has 1 fully saturated rings. The largest absolute Gasteiger partial charge is 0.508 e. The van der Waals surface area contributed by atoms with Crippen molar-refractivity contribution in [2.24, 2.45) is 18.4 Å². The Balaban J connectivity index is 1.66. The van der Waals surface area contributed by atoms with Crippen molar-refractivity contribution in [3.8, 4) is 28.3 Å². The summed E-state index contributed by atoms with van der Waals surface area (Å²) in [7, 11) is 7.92. The summed E-state index contributed by atoms with van der Waals surface area (Å²) < 4.78 is 9.91. The molecule has 0 spiro atoms. The van der Waals surface area contributed by atoms with Crippen molar-refractivity contribution in [3.05, 3.63) is 66.0 Å². The molecule has 0 bridgehead atoms. The highest BCUT2D eigenvalue weighted by molar-refractivity contribution is 5.95. The van der Waals surface area contributed by atoms with Crippen molar-refractivity contribution >= 4 is 35.1 Å². The molecule has 13 nitrogen and oxygen atoms in total. The topological polar surface area (TPSA) is 137 Å². The molecule has 326 valence electrons. The minimum absolute atomic E-state index is 0.0374. The first-order chi connectivity index (χ1) is 28.5. The lowest BCUT2D eigenvalue weighted by atomic mass is 9.84. The summed E-state index contributed by atoms with van der Waals surface area (Å²) >= 11 is 0. The van der Waals surface area contributed by atoms with E-state index in [1.165, 1.54) is 0 Å². The summed E-state index contributed by atoms with van der Waals surface area (Å²) in [5.41, 5.74) is 10.5. The Labute approximate surface area is 356 Å². The number of hydrazine groups is 1. The standard InChI is InChI=1S/C47H68N8O5/c1-13-31(6)42-40(50-46(51(9)10)53(42)12)43-37(27-47(7,8)28-60-29-56)36-26-33(18-19-39(36)54(43)15-3)34-22-32(23-35(57)25-34)24-38(45(59)55-21-17-16-20-48-55)49-44(58)41(30(4)5)52(11)14-2/h14,18-19,22-23,25-26,29-31,38,41,48,57H,2,13,15-17,20-21,24,27-28H2,1,3-12H3,(H,49,58). The quantitative estimate of drug-likeness (QED) is 0.0854. The van der Waals surface area contributed by atoms with Gasteiger partial charge in [0.05, 0.1) is 18.0 Å². The molecule has 4 aromatic rings. The third-order valence-corrected chi connectivity index (χ3v) is 11.9. The van der Waals surface area contributed by atoms with Crippen LogP contribution in [0.1, 0.15) is 90.5 Å². The number of ether oxygens (including phenoxy) is 1. The van der Waals surface area contributed by atoms with Gasteiger partial charge in [-0.1, -0.05) is 60.3 Å². The van der Waals surface area contributed by atoms with Crippen LogP contribution in [0, 0.1) is 11.3 Å². The van der Waals surface area contributed by atoms with Gasteiger partial charge < -0.3 is 34.1 Å². The second-order valence-corrected chi connectivity index (χ2v) is 17.8. The first kappa shape index (κ1) is 45.8. The number of aromatic nitrogens is 3. The molecule has 0 radical (unpaired) electrons. The van der Waals surface area contributed by atoms with Gasteiger partial charge in [-0.3, -0.25) is 19.4 Å². The average Bonchev–Trinajstić information content (AvgIpc) is 3.71. The summed E-state index contributed by atoms with van der Waals surface area (Å²) in [5, 5.41) is 17.0. The molecule has 2 aromatic carbocycles. The lowest BCUT2D eigenvalue weighted by Crippen LogP contribution is -2.58. The molecular weight excluding hydrogens is 757 g/mol. The van der Waals surface area contributed by atoms with Gasteiger partial charge in [0, 0.05) is 70.6 Å². The number of rotatable bonds is 19. The van der Waals surface area contributed by atoms with Crippen LogP contribution in [-0.4, -0.2) is 100 Å². The number of benzene rings is 2. The first-order valence-electron chi connectivity index (χ1n) is 21.4. The Morgan fingerprint density at radius 3 is 2.42 bits per heavy atom. The molecule has 1 aliphatic rings. The highest BCUT2D eigenvalue weighted by atomic mass is 16.5. The van der Waals surface area contributed by atoms with Gasteiger partial charge in [0.25, 0.3) is 12.4 Å². The summed E-state index contributed by atoms with van der Waals surface area (Å²) in [6, 6.07) is 10.4. The molecule has 1 saturated heterocycles. The molecule has 2 amide bonds. The fraction of sp³-hybridized carbons (Fsp3) is 0.532. The fourth-order valence-corrected chi connectivity index (χ4v) is 8.79. The maximum atomic E-state index is 14.1. The smallest absolute Gasteiger partial charge is 0.293 e. The summed E-state index contributed by atoms with van der Waals surface area (Å²) in [6.45, 7) is 21.3. The van der Waals surface area contributed by atoms with Gasteiger partial charge in [0.2, 0.25) is 11.9 Å². The number of nitrogens with one attached hydrogen (secondary N) is 2. The zero-order valence-electron chi connectivity index (χ0n) is 37.8. The van der Waals surface area contributed by atoms with E-state index in [4.69, 9.17) is 9.72 Å². The van der Waals surface area contributed by atoms with Crippen LogP contribution in [0.25, 0.3) is 33.4 Å². The van der Waals surface area contributed by atoms with E-state index in [-0.39, 0.29) is 42.4 Å². The monoisotopic (exact) mass is 825 g/mol. The number of anilines is 1. The molecule has 1 aliphatic heterocycles. The lowest BCUT2D eigenvalue weighted by molar-refractivity contribution is -0.141. The number of carbonyl (C=O) groups excluding carboxylic acids is 3. The molecule has 3 N–H and O–H groups in total. The van der Waals surface area contributed by atoms with E-state index in [1.807, 2.05) is 46.0 Å². The van der Waals surface area contributed by atoms with Gasteiger partial charge in [-0.15, -0.1) is 0 Å². The zero-order valence-corrected chi connectivity index (χ0v) is 37.8. The van der Waals surface area contributed by atoms with Crippen molar-refractivity contribution < 1.29 is 24.2 Å². The Morgan fingerprint density at radius 1 is 1.08 bits per heavy atom. The predicted molar refractivity (Wildman–Crippen MR) is 241 cm³/mol. The van der Waals surface area contributed by atoms with Crippen LogP contribution < -0.4 is 15.6 Å². The van der Waals surface area contributed by atoms with E-state index in [1.54, 1.807) is 28.2 Å². The second-order valence-electron chi connectivity index (χ2n) is 17.8. The minimum Gasteiger partial charge on any atom is -0.508 e. The number of hydrogen-bond acceptors (Lipinski definition) is 9. The van der Waals surface area contributed by atoms with Gasteiger partial charge in [-0.05, 0) is 97.2 Å². The number of aromatic hydroxyl groups is 1. The highest BCUT2D eigenvalue weighted by Gasteiger charge is 2.34. The van der Waals surface area contributed by atoms with E-state index in [0.717, 1.165) is 69.9 Å². The third-order valence-electron chi connectivity index (χ3n) is 11.9. The normalized spacial score (nSPS) is 14.8. The van der Waals surface area contributed by atoms with E-state index in [2.05, 4.69) is 86.3 Å². The van der Waals surface area contributed by atoms with Crippen molar-refractivity contribution in [2.75, 3.05) is 45.7 Å². The van der Waals surface area contributed by atoms with Crippen molar-refractivity contribution in [1.29, 1.82) is 0 Å². The Bertz CT molecular complexity index is 2160. The molecule has 0 aliphatic carbocycles. The van der Waals surface area contributed by atoms with E-state index in [0.29, 0.717) is 38.1 Å². The second kappa shape index (κ2) is 19.4. The molecule has 13 heteroatoms. The van der Waals surface area contributed by atoms with Gasteiger partial charge in [0.15, 0.2) is 0 Å². The Kier molecular flexibility index (Phi) is 14.8. The average molecular weight is 825 g/mol. The van der Waals surface area contributed by atoms with Crippen LogP contribution in [0.15, 0.2) is 49.2 Å². The molecular formula is C47H68N8O5. The van der Waals surface area contributed by atoms with E-state index < -0.39 is 17.5 Å². The number of nitrogens with zero attached hydrogens (tertiary/aromatic N) is 6. The Hall–Kier alpha value is -5.30. The minimum atomic E-state index is -0.881. The summed E-state index contributed by atoms with van der Waals surface area (Å²) in [6.07, 6.45) is 5.18. The third kappa shape index (κ3) is 9.83. The fourth-order valence-electron chi connectivity index (χ4n) is 8.79.